The number of benzene rings is 4. The molecular formula is C36H38N4O3. The fourth-order valence-corrected chi connectivity index (χ4v) is 5.62. The zero-order valence-corrected chi connectivity index (χ0v) is 24.4. The van der Waals surface area contributed by atoms with Crippen LogP contribution < -0.4 is 16.0 Å². The first-order valence-corrected chi connectivity index (χ1v) is 15.1. The number of amides is 2. The van der Waals surface area contributed by atoms with Crippen molar-refractivity contribution in [3.63, 3.8) is 0 Å². The average Bonchev–Trinajstić information content (AvgIpc) is 3.91. The molecule has 1 aliphatic heterocycles. The van der Waals surface area contributed by atoms with Gasteiger partial charge in [0.25, 0.3) is 5.91 Å². The summed E-state index contributed by atoms with van der Waals surface area (Å²) in [6.45, 7) is 4.40. The van der Waals surface area contributed by atoms with E-state index in [1.54, 1.807) is 0 Å². The molecule has 1 aliphatic carbocycles. The van der Waals surface area contributed by atoms with Crippen LogP contribution in [0.2, 0.25) is 0 Å². The van der Waals surface area contributed by atoms with Gasteiger partial charge in [0.1, 0.15) is 0 Å². The van der Waals surface area contributed by atoms with E-state index in [0.29, 0.717) is 38.4 Å². The summed E-state index contributed by atoms with van der Waals surface area (Å²) < 4.78 is 5.57. The molecule has 7 heteroatoms. The second-order valence-corrected chi connectivity index (χ2v) is 11.3. The third kappa shape index (κ3) is 7.13. The van der Waals surface area contributed by atoms with Crippen molar-refractivity contribution < 1.29 is 14.3 Å². The van der Waals surface area contributed by atoms with Crippen LogP contribution in [0.4, 0.5) is 11.4 Å². The number of carbonyl (C=O) groups is 2. The number of rotatable bonds is 10. The van der Waals surface area contributed by atoms with E-state index in [1.165, 1.54) is 0 Å². The Labute approximate surface area is 253 Å². The third-order valence-corrected chi connectivity index (χ3v) is 8.11. The van der Waals surface area contributed by atoms with Crippen molar-refractivity contribution in [1.29, 1.82) is 0 Å². The lowest BCUT2D eigenvalue weighted by molar-refractivity contribution is -0.133. The van der Waals surface area contributed by atoms with Gasteiger partial charge in [-0.3, -0.25) is 9.59 Å². The summed E-state index contributed by atoms with van der Waals surface area (Å²) in [7, 11) is 0. The number of hydrogen-bond acceptors (Lipinski definition) is 5. The van der Waals surface area contributed by atoms with Gasteiger partial charge in [0.2, 0.25) is 5.91 Å². The van der Waals surface area contributed by atoms with Crippen LogP contribution in [-0.2, 0) is 29.2 Å². The molecule has 0 aromatic heterocycles. The van der Waals surface area contributed by atoms with Gasteiger partial charge in [-0.15, -0.1) is 0 Å². The number of hydrogen-bond donors (Lipinski definition) is 2. The van der Waals surface area contributed by atoms with Gasteiger partial charge >= 0.3 is 0 Å². The molecule has 1 saturated heterocycles. The highest BCUT2D eigenvalue weighted by Crippen LogP contribution is 2.34. The van der Waals surface area contributed by atoms with Crippen molar-refractivity contribution in [2.24, 2.45) is 11.7 Å². The minimum atomic E-state index is -0.144. The monoisotopic (exact) mass is 574 g/mol. The molecule has 220 valence electrons. The molecule has 4 aromatic carbocycles. The number of carbonyl (C=O) groups excluding carboxylic acids is 2. The van der Waals surface area contributed by atoms with Crippen LogP contribution in [-0.4, -0.2) is 43.0 Å². The fraction of sp³-hybridized carbons (Fsp3) is 0.278. The lowest BCUT2D eigenvalue weighted by atomic mass is 10.0. The number of nitrogens with zero attached hydrogens (tertiary/aromatic N) is 2. The Balaban J connectivity index is 1.27. The molecule has 1 saturated carbocycles. The molecule has 0 spiro atoms. The van der Waals surface area contributed by atoms with Crippen LogP contribution in [0.15, 0.2) is 97.1 Å². The maximum Gasteiger partial charge on any atom is 0.255 e. The minimum Gasteiger partial charge on any atom is -0.378 e. The Morgan fingerprint density at radius 2 is 1.47 bits per heavy atom. The zero-order chi connectivity index (χ0) is 29.6. The molecule has 2 fully saturated rings. The smallest absolute Gasteiger partial charge is 0.255 e. The second-order valence-electron chi connectivity index (χ2n) is 11.3. The summed E-state index contributed by atoms with van der Waals surface area (Å²) in [4.78, 5) is 30.7. The first kappa shape index (κ1) is 28.6. The second kappa shape index (κ2) is 13.2. The van der Waals surface area contributed by atoms with E-state index in [9.17, 15) is 9.59 Å². The molecule has 6 rings (SSSR count). The van der Waals surface area contributed by atoms with E-state index in [1.807, 2.05) is 53.4 Å². The van der Waals surface area contributed by atoms with Crippen molar-refractivity contribution in [1.82, 2.24) is 4.90 Å². The van der Waals surface area contributed by atoms with Crippen LogP contribution in [0.25, 0.3) is 11.1 Å². The van der Waals surface area contributed by atoms with Crippen LogP contribution in [0, 0.1) is 5.92 Å². The van der Waals surface area contributed by atoms with Crippen LogP contribution in [0.3, 0.4) is 0 Å². The van der Waals surface area contributed by atoms with Gasteiger partial charge in [-0.05, 0) is 71.0 Å². The van der Waals surface area contributed by atoms with Crippen molar-refractivity contribution >= 4 is 23.2 Å². The summed E-state index contributed by atoms with van der Waals surface area (Å²) in [5, 5.41) is 3.17. The van der Waals surface area contributed by atoms with E-state index < -0.39 is 0 Å². The van der Waals surface area contributed by atoms with Gasteiger partial charge in [0.15, 0.2) is 0 Å². The third-order valence-electron chi connectivity index (χ3n) is 8.11. The maximum atomic E-state index is 13.3. The largest absolute Gasteiger partial charge is 0.378 e. The zero-order valence-electron chi connectivity index (χ0n) is 24.4. The number of nitrogens with one attached hydrogen (secondary N) is 1. The first-order chi connectivity index (χ1) is 21.1. The number of anilines is 2. The predicted octanol–water partition coefficient (Wildman–Crippen LogP) is 5.84. The molecule has 1 heterocycles. The topological polar surface area (TPSA) is 87.9 Å². The van der Waals surface area contributed by atoms with E-state index in [2.05, 4.69) is 58.7 Å². The molecular weight excluding hydrogens is 536 g/mol. The summed E-state index contributed by atoms with van der Waals surface area (Å²) in [6, 6.07) is 32.0. The molecule has 4 aromatic rings. The highest BCUT2D eigenvalue weighted by molar-refractivity contribution is 6.06. The summed E-state index contributed by atoms with van der Waals surface area (Å²) >= 11 is 0. The Morgan fingerprint density at radius 3 is 2.19 bits per heavy atom. The van der Waals surface area contributed by atoms with Gasteiger partial charge in [-0.1, -0.05) is 66.7 Å². The van der Waals surface area contributed by atoms with E-state index in [4.69, 9.17) is 10.5 Å². The van der Waals surface area contributed by atoms with Crippen molar-refractivity contribution in [2.45, 2.75) is 32.5 Å². The fourth-order valence-electron chi connectivity index (χ4n) is 5.62. The van der Waals surface area contributed by atoms with Gasteiger partial charge in [0.05, 0.1) is 24.6 Å². The highest BCUT2D eigenvalue weighted by atomic mass is 16.5. The van der Waals surface area contributed by atoms with Gasteiger partial charge < -0.3 is 25.6 Å². The predicted molar refractivity (Wildman–Crippen MR) is 171 cm³/mol. The van der Waals surface area contributed by atoms with Crippen LogP contribution >= 0.6 is 0 Å². The molecule has 0 bridgehead atoms. The van der Waals surface area contributed by atoms with Crippen LogP contribution in [0.1, 0.15) is 39.9 Å². The Morgan fingerprint density at radius 1 is 0.791 bits per heavy atom. The minimum absolute atomic E-state index is 0.129. The quantitative estimate of drug-likeness (QED) is 0.249. The molecule has 0 unspecified atom stereocenters. The molecule has 0 radical (unpaired) electrons. The SMILES string of the molecule is NCc1cccc(CN(Cc2cccc(-c3ccc(N4CCOCC4)c(NC(=O)c4ccccc4)c3)c2)C(=O)C2CC2)c1. The first-order valence-electron chi connectivity index (χ1n) is 15.1. The summed E-state index contributed by atoms with van der Waals surface area (Å²) in [6.07, 6.45) is 1.93. The number of morpholine rings is 1. The lowest BCUT2D eigenvalue weighted by Crippen LogP contribution is -2.36. The number of nitrogens with two attached hydrogens (primary N) is 1. The van der Waals surface area contributed by atoms with Gasteiger partial charge in [-0.25, -0.2) is 0 Å². The summed E-state index contributed by atoms with van der Waals surface area (Å²) in [5.41, 5.74) is 13.5. The highest BCUT2D eigenvalue weighted by Gasteiger charge is 2.33. The standard InChI is InChI=1S/C36H38N4O3/c37-23-26-6-4-7-27(20-26)24-40(36(42)30-12-13-30)25-28-8-5-11-31(21-28)32-14-15-34(39-16-18-43-19-17-39)33(22-32)38-35(41)29-9-2-1-3-10-29/h1-11,14-15,20-22,30H,12-13,16-19,23-25,37H2,(H,38,41). The molecule has 43 heavy (non-hydrogen) atoms. The molecule has 2 aliphatic rings. The summed E-state index contributed by atoms with van der Waals surface area (Å²) in [5.74, 6) is 0.197. The number of ether oxygens (including phenoxy) is 1. The van der Waals surface area contributed by atoms with Crippen molar-refractivity contribution in [3.8, 4) is 11.1 Å². The van der Waals surface area contributed by atoms with E-state index in [-0.39, 0.29) is 17.7 Å². The van der Waals surface area contributed by atoms with Crippen molar-refractivity contribution in [3.05, 3.63) is 119 Å². The van der Waals surface area contributed by atoms with E-state index in [0.717, 1.165) is 65.1 Å². The molecule has 7 nitrogen and oxygen atoms in total. The Hall–Kier alpha value is -4.46. The maximum absolute atomic E-state index is 13.3. The van der Waals surface area contributed by atoms with Crippen LogP contribution in [0.5, 0.6) is 0 Å². The average molecular weight is 575 g/mol. The Bertz CT molecular complexity index is 1580. The lowest BCUT2D eigenvalue weighted by Gasteiger charge is -2.31. The van der Waals surface area contributed by atoms with Crippen molar-refractivity contribution in [2.75, 3.05) is 36.5 Å². The normalized spacial score (nSPS) is 14.8. The van der Waals surface area contributed by atoms with Gasteiger partial charge in [-0.2, -0.15) is 0 Å². The molecule has 0 atom stereocenters. The van der Waals surface area contributed by atoms with Gasteiger partial charge in [0, 0.05) is 44.2 Å². The van der Waals surface area contributed by atoms with E-state index >= 15 is 0 Å². The molecule has 2 amide bonds. The molecule has 3 N–H and O–H groups in total. The Kier molecular flexibility index (Phi) is 8.82.